The van der Waals surface area contributed by atoms with E-state index < -0.39 is 17.1 Å². The number of carboxylic acid groups (broad SMARTS) is 1. The van der Waals surface area contributed by atoms with Crippen molar-refractivity contribution in [2.24, 2.45) is 0 Å². The van der Waals surface area contributed by atoms with Gasteiger partial charge in [0, 0.05) is 11.3 Å². The molecule has 0 spiro atoms. The molecule has 2 aromatic carbocycles. The minimum atomic E-state index is -1.23. The van der Waals surface area contributed by atoms with Gasteiger partial charge in [-0.2, -0.15) is 5.26 Å². The molecule has 3 aromatic rings. The number of benzene rings is 2. The third-order valence-corrected chi connectivity index (χ3v) is 6.03. The molecule has 1 amide bonds. The topological polar surface area (TPSA) is 104 Å². The van der Waals surface area contributed by atoms with Gasteiger partial charge in [-0.05, 0) is 47.2 Å². The van der Waals surface area contributed by atoms with Crippen molar-refractivity contribution >= 4 is 17.7 Å². The highest BCUT2D eigenvalue weighted by atomic mass is 16.5. The molecule has 0 bridgehead atoms. The Bertz CT molecular complexity index is 1300. The van der Waals surface area contributed by atoms with Crippen LogP contribution in [0.5, 0.6) is 0 Å². The minimum Gasteiger partial charge on any atom is -0.464 e. The molecule has 0 aliphatic carbocycles. The fraction of sp³-hybridized carbons (Fsp3) is 0.269. The summed E-state index contributed by atoms with van der Waals surface area (Å²) in [6.07, 6.45) is -1.23. The molecule has 1 aliphatic rings. The summed E-state index contributed by atoms with van der Waals surface area (Å²) in [6.45, 7) is 7.58. The van der Waals surface area contributed by atoms with Crippen molar-refractivity contribution in [2.45, 2.75) is 38.7 Å². The monoisotopic (exact) mass is 443 g/mol. The van der Waals surface area contributed by atoms with Crippen LogP contribution in [0.4, 0.5) is 10.5 Å². The highest BCUT2D eigenvalue weighted by molar-refractivity contribution is 5.94. The summed E-state index contributed by atoms with van der Waals surface area (Å²) in [5, 5.41) is 22.6. The van der Waals surface area contributed by atoms with Gasteiger partial charge in [-0.25, -0.2) is 9.36 Å². The summed E-state index contributed by atoms with van der Waals surface area (Å²) in [5.41, 5.74) is 2.51. The second kappa shape index (κ2) is 7.91. The second-order valence-electron chi connectivity index (χ2n) is 9.27. The van der Waals surface area contributed by atoms with Gasteiger partial charge >= 0.3 is 6.09 Å². The fourth-order valence-corrected chi connectivity index (χ4v) is 4.28. The highest BCUT2D eigenvalue weighted by Gasteiger charge is 2.36. The first-order chi connectivity index (χ1) is 15.6. The minimum absolute atomic E-state index is 0.0929. The van der Waals surface area contributed by atoms with Gasteiger partial charge in [0.1, 0.15) is 24.0 Å². The van der Waals surface area contributed by atoms with Crippen molar-refractivity contribution in [3.63, 3.8) is 0 Å². The predicted octanol–water partition coefficient (Wildman–Crippen LogP) is 5.08. The summed E-state index contributed by atoms with van der Waals surface area (Å²) in [5.74, 6) is -0.264. The van der Waals surface area contributed by atoms with E-state index in [9.17, 15) is 20.0 Å². The van der Waals surface area contributed by atoms with E-state index in [1.165, 1.54) is 0 Å². The van der Waals surface area contributed by atoms with E-state index in [4.69, 9.17) is 4.74 Å². The molecule has 4 rings (SSSR count). The van der Waals surface area contributed by atoms with Crippen LogP contribution in [0.1, 0.15) is 50.1 Å². The van der Waals surface area contributed by atoms with E-state index in [-0.39, 0.29) is 18.2 Å². The molecule has 0 saturated heterocycles. The molecule has 1 unspecified atom stereocenters. The van der Waals surface area contributed by atoms with E-state index in [1.54, 1.807) is 18.2 Å². The maximum Gasteiger partial charge on any atom is 0.417 e. The van der Waals surface area contributed by atoms with Gasteiger partial charge in [-0.3, -0.25) is 4.79 Å². The van der Waals surface area contributed by atoms with Gasteiger partial charge < -0.3 is 15.2 Å². The molecule has 0 radical (unpaired) electrons. The molecule has 7 heteroatoms. The van der Waals surface area contributed by atoms with E-state index in [0.29, 0.717) is 28.1 Å². The number of hydrogen-bond acceptors (Lipinski definition) is 4. The van der Waals surface area contributed by atoms with E-state index >= 15 is 0 Å². The average Bonchev–Trinajstić information content (AvgIpc) is 3.13. The molecule has 168 valence electrons. The number of hydrogen-bond donors (Lipinski definition) is 2. The third-order valence-electron chi connectivity index (χ3n) is 6.03. The van der Waals surface area contributed by atoms with Crippen LogP contribution in [0.25, 0.3) is 11.3 Å². The van der Waals surface area contributed by atoms with E-state index in [1.807, 2.05) is 64.1 Å². The number of fused-ring (bicyclic) bond motifs is 1. The zero-order chi connectivity index (χ0) is 24.0. The average molecular weight is 444 g/mol. The van der Waals surface area contributed by atoms with Gasteiger partial charge in [-0.15, -0.1) is 0 Å². The largest absolute Gasteiger partial charge is 0.464 e. The van der Waals surface area contributed by atoms with Crippen LogP contribution >= 0.6 is 0 Å². The normalized spacial score (nSPS) is 18.1. The lowest BCUT2D eigenvalue weighted by Gasteiger charge is -2.30. The zero-order valence-corrected chi connectivity index (χ0v) is 19.0. The van der Waals surface area contributed by atoms with Crippen LogP contribution in [0.15, 0.2) is 54.6 Å². The Morgan fingerprint density at radius 3 is 2.48 bits per heavy atom. The Hall–Kier alpha value is -3.89. The van der Waals surface area contributed by atoms with Crippen molar-refractivity contribution in [1.29, 1.82) is 5.26 Å². The summed E-state index contributed by atoms with van der Waals surface area (Å²) in [7, 11) is 0. The molecular formula is C26H25N3O4. The number of carbonyl (C=O) groups is 2. The smallest absolute Gasteiger partial charge is 0.417 e. The number of nitriles is 1. The molecule has 2 heterocycles. The first-order valence-electron chi connectivity index (χ1n) is 10.6. The summed E-state index contributed by atoms with van der Waals surface area (Å²) < 4.78 is 7.13. The number of rotatable bonds is 2. The van der Waals surface area contributed by atoms with Crippen molar-refractivity contribution in [1.82, 2.24) is 4.57 Å². The third kappa shape index (κ3) is 3.79. The van der Waals surface area contributed by atoms with E-state index in [0.717, 1.165) is 10.1 Å². The number of carbonyl (C=O) groups excluding carboxylic acids is 1. The molecule has 33 heavy (non-hydrogen) atoms. The van der Waals surface area contributed by atoms with Crippen molar-refractivity contribution in [3.05, 3.63) is 77.0 Å². The van der Waals surface area contributed by atoms with Crippen LogP contribution in [-0.4, -0.2) is 28.3 Å². The molecule has 1 atom stereocenters. The lowest BCUT2D eigenvalue weighted by molar-refractivity contribution is -0.124. The highest BCUT2D eigenvalue weighted by Crippen LogP contribution is 2.42. The van der Waals surface area contributed by atoms with Crippen LogP contribution < -0.4 is 5.32 Å². The fourth-order valence-electron chi connectivity index (χ4n) is 4.28. The zero-order valence-electron chi connectivity index (χ0n) is 19.0. The van der Waals surface area contributed by atoms with Crippen LogP contribution in [0.3, 0.4) is 0 Å². The van der Waals surface area contributed by atoms with Crippen LogP contribution in [0.2, 0.25) is 0 Å². The van der Waals surface area contributed by atoms with Gasteiger partial charge in [0.2, 0.25) is 5.91 Å². The lowest BCUT2D eigenvalue weighted by Crippen LogP contribution is -2.28. The molecule has 0 fully saturated rings. The number of aromatic nitrogens is 1. The SMILES string of the molecule is CC(C)(C)c1cc(-c2ccc3c(c2)C(C)(c2ccccc2)OCC(=O)N3)n(C(=O)O)c1C#N. The Labute approximate surface area is 192 Å². The number of nitrogens with zero attached hydrogens (tertiary/aromatic N) is 2. The molecule has 1 aliphatic heterocycles. The first kappa shape index (κ1) is 22.3. The maximum absolute atomic E-state index is 12.3. The summed E-state index contributed by atoms with van der Waals surface area (Å²) in [6, 6.07) is 18.7. The van der Waals surface area contributed by atoms with Crippen LogP contribution in [-0.2, 0) is 20.5 Å². The molecule has 0 saturated carbocycles. The molecule has 2 N–H and O–H groups in total. The second-order valence-corrected chi connectivity index (χ2v) is 9.27. The van der Waals surface area contributed by atoms with Gasteiger partial charge in [0.05, 0.1) is 5.69 Å². The van der Waals surface area contributed by atoms with Gasteiger partial charge in [0.15, 0.2) is 0 Å². The van der Waals surface area contributed by atoms with Crippen molar-refractivity contribution in [2.75, 3.05) is 11.9 Å². The number of anilines is 1. The Morgan fingerprint density at radius 1 is 1.18 bits per heavy atom. The lowest BCUT2D eigenvalue weighted by atomic mass is 9.85. The van der Waals surface area contributed by atoms with Crippen molar-refractivity contribution < 1.29 is 19.4 Å². The number of amides is 1. The summed E-state index contributed by atoms with van der Waals surface area (Å²) in [4.78, 5) is 24.5. The quantitative estimate of drug-likeness (QED) is 0.575. The standard InChI is InChI=1S/C26H25N3O4/c1-25(2,3)19-13-21(29(24(31)32)22(19)14-27)16-10-11-20-18(12-16)26(4,33-15-23(30)28-20)17-8-6-5-7-9-17/h5-13H,15H2,1-4H3,(H,28,30)(H,31,32). The Balaban J connectivity index is 1.99. The predicted molar refractivity (Wildman–Crippen MR) is 124 cm³/mol. The number of ether oxygens (including phenoxy) is 1. The van der Waals surface area contributed by atoms with Gasteiger partial charge in [-0.1, -0.05) is 57.2 Å². The van der Waals surface area contributed by atoms with Crippen molar-refractivity contribution in [3.8, 4) is 17.3 Å². The maximum atomic E-state index is 12.3. The Kier molecular flexibility index (Phi) is 5.35. The first-order valence-corrected chi connectivity index (χ1v) is 10.6. The molecule has 1 aromatic heterocycles. The molecular weight excluding hydrogens is 418 g/mol. The Morgan fingerprint density at radius 2 is 1.88 bits per heavy atom. The summed E-state index contributed by atoms with van der Waals surface area (Å²) >= 11 is 0. The number of nitrogens with one attached hydrogen (secondary N) is 1. The van der Waals surface area contributed by atoms with Crippen LogP contribution in [0, 0.1) is 11.3 Å². The van der Waals surface area contributed by atoms with Gasteiger partial charge in [0.25, 0.3) is 0 Å². The van der Waals surface area contributed by atoms with E-state index in [2.05, 4.69) is 11.4 Å². The molecule has 7 nitrogen and oxygen atoms in total.